The number of amides is 2. The van der Waals surface area contributed by atoms with Crippen molar-refractivity contribution < 1.29 is 28.4 Å². The number of ether oxygens (including phenoxy) is 1. The summed E-state index contributed by atoms with van der Waals surface area (Å²) in [6.07, 6.45) is 0.0734. The van der Waals surface area contributed by atoms with Gasteiger partial charge in [-0.15, -0.1) is 0 Å². The highest BCUT2D eigenvalue weighted by Gasteiger charge is 2.57. The Morgan fingerprint density at radius 2 is 1.93 bits per heavy atom. The number of nitrogens with one attached hydrogen (secondary N) is 1. The fourth-order valence-corrected chi connectivity index (χ4v) is 4.59. The smallest absolute Gasteiger partial charge is 0.359 e. The van der Waals surface area contributed by atoms with E-state index in [-0.39, 0.29) is 17.9 Å². The Morgan fingerprint density at radius 3 is 2.54 bits per heavy atom. The number of carbonyl (C=O) groups excluding carboxylic acids is 3. The van der Waals surface area contributed by atoms with Gasteiger partial charge in [0.15, 0.2) is 5.70 Å². The molecular formula is C19H22N2O6S. The summed E-state index contributed by atoms with van der Waals surface area (Å²) < 4.78 is 17.7. The molecule has 2 aliphatic heterocycles. The molecule has 1 aromatic carbocycles. The molecule has 9 heteroatoms. The number of fused-ring (bicyclic) bond motifs is 1. The number of β-lactam (4-membered cyclic amide) rings is 1. The molecule has 2 amide bonds. The van der Waals surface area contributed by atoms with Gasteiger partial charge in [-0.05, 0) is 26.3 Å². The van der Waals surface area contributed by atoms with E-state index in [9.17, 15) is 23.7 Å². The van der Waals surface area contributed by atoms with Crippen molar-refractivity contribution in [2.45, 2.75) is 44.2 Å². The molecule has 1 fully saturated rings. The van der Waals surface area contributed by atoms with Crippen LogP contribution in [0.3, 0.4) is 0 Å². The van der Waals surface area contributed by atoms with E-state index >= 15 is 0 Å². The summed E-state index contributed by atoms with van der Waals surface area (Å²) in [4.78, 5) is 38.2. The molecule has 3 atom stereocenters. The van der Waals surface area contributed by atoms with Crippen LogP contribution in [0.2, 0.25) is 0 Å². The average Bonchev–Trinajstić information content (AvgIpc) is 2.58. The van der Waals surface area contributed by atoms with Gasteiger partial charge < -0.3 is 15.2 Å². The Labute approximate surface area is 165 Å². The highest BCUT2D eigenvalue weighted by atomic mass is 32.2. The highest BCUT2D eigenvalue weighted by Crippen LogP contribution is 2.35. The van der Waals surface area contributed by atoms with E-state index in [0.717, 1.165) is 10.5 Å². The molecule has 2 unspecified atom stereocenters. The van der Waals surface area contributed by atoms with Gasteiger partial charge >= 0.3 is 5.97 Å². The van der Waals surface area contributed by atoms with Crippen molar-refractivity contribution in [3.8, 4) is 0 Å². The minimum atomic E-state index is -1.66. The molecule has 8 nitrogen and oxygen atoms in total. The average molecular weight is 406 g/mol. The summed E-state index contributed by atoms with van der Waals surface area (Å²) in [6.45, 7) is 4.97. The van der Waals surface area contributed by atoms with E-state index in [2.05, 4.69) is 5.32 Å². The number of nitrogens with zero attached hydrogens (tertiary/aromatic N) is 1. The van der Waals surface area contributed by atoms with E-state index in [0.29, 0.717) is 0 Å². The van der Waals surface area contributed by atoms with E-state index in [1.54, 1.807) is 45.0 Å². The number of benzene rings is 1. The zero-order valence-electron chi connectivity index (χ0n) is 15.8. The summed E-state index contributed by atoms with van der Waals surface area (Å²) >= 11 is 0. The lowest BCUT2D eigenvalue weighted by Gasteiger charge is -2.48. The second-order valence-electron chi connectivity index (χ2n) is 7.63. The minimum Gasteiger partial charge on any atom is -0.509 e. The maximum Gasteiger partial charge on any atom is 0.359 e. The molecule has 150 valence electrons. The Balaban J connectivity index is 1.74. The Hall–Kier alpha value is -2.68. The van der Waals surface area contributed by atoms with Crippen LogP contribution in [-0.2, 0) is 36.3 Å². The van der Waals surface area contributed by atoms with Crippen LogP contribution in [0.25, 0.3) is 0 Å². The van der Waals surface area contributed by atoms with Gasteiger partial charge in [0, 0.05) is 0 Å². The van der Waals surface area contributed by atoms with Crippen molar-refractivity contribution in [3.63, 3.8) is 0 Å². The second-order valence-corrected chi connectivity index (χ2v) is 9.16. The molecule has 28 heavy (non-hydrogen) atoms. The number of rotatable bonds is 4. The molecule has 0 spiro atoms. The van der Waals surface area contributed by atoms with Crippen molar-refractivity contribution >= 4 is 28.6 Å². The first-order chi connectivity index (χ1) is 13.1. The van der Waals surface area contributed by atoms with Crippen LogP contribution in [-0.4, -0.2) is 54.8 Å². The third-order valence-electron chi connectivity index (χ3n) is 4.22. The van der Waals surface area contributed by atoms with E-state index in [1.807, 2.05) is 6.07 Å². The van der Waals surface area contributed by atoms with Crippen molar-refractivity contribution in [2.24, 2.45) is 0 Å². The Morgan fingerprint density at radius 1 is 1.29 bits per heavy atom. The third kappa shape index (κ3) is 3.94. The quantitative estimate of drug-likeness (QED) is 0.564. The zero-order chi connectivity index (χ0) is 20.6. The van der Waals surface area contributed by atoms with Crippen LogP contribution in [0, 0.1) is 0 Å². The summed E-state index contributed by atoms with van der Waals surface area (Å²) in [5.41, 5.74) is -0.355. The topological polar surface area (TPSA) is 113 Å². The fourth-order valence-electron chi connectivity index (χ4n) is 3.08. The lowest BCUT2D eigenvalue weighted by atomic mass is 10.0. The van der Waals surface area contributed by atoms with Crippen LogP contribution >= 0.6 is 0 Å². The number of esters is 1. The molecular weight excluding hydrogens is 384 g/mol. The number of hydrogen-bond donors (Lipinski definition) is 2. The molecule has 1 aromatic rings. The number of hydrogen-bond acceptors (Lipinski definition) is 6. The molecule has 0 aromatic heterocycles. The van der Waals surface area contributed by atoms with E-state index in [1.165, 1.54) is 0 Å². The van der Waals surface area contributed by atoms with Gasteiger partial charge in [0.25, 0.3) is 5.91 Å². The van der Waals surface area contributed by atoms with Gasteiger partial charge in [-0.2, -0.15) is 0 Å². The predicted molar refractivity (Wildman–Crippen MR) is 101 cm³/mol. The zero-order valence-corrected chi connectivity index (χ0v) is 16.6. The fraction of sp³-hybridized carbons (Fsp3) is 0.421. The van der Waals surface area contributed by atoms with Crippen LogP contribution in [0.4, 0.5) is 0 Å². The van der Waals surface area contributed by atoms with Gasteiger partial charge in [0.05, 0.1) is 23.0 Å². The SMILES string of the molecule is CC(C)(C)OC(=O)C1=C(O)CS(=O)[C@@H]2C(NC(=O)Cc3ccccc3)C(=O)N12. The standard InChI is InChI=1S/C19H22N2O6S/c1-19(2,3)27-18(25)15-12(22)10-28(26)17-14(16(24)21(15)17)20-13(23)9-11-7-5-4-6-8-11/h4-8,14,17,22H,9-10H2,1-3H3,(H,20,23)/t14?,17-,28?/m1/s1. The number of aliphatic hydroxyl groups excluding tert-OH is 1. The lowest BCUT2D eigenvalue weighted by Crippen LogP contribution is -2.73. The first-order valence-corrected chi connectivity index (χ1v) is 10.2. The molecule has 3 rings (SSSR count). The minimum absolute atomic E-state index is 0.0734. The number of aliphatic hydroxyl groups is 1. The summed E-state index contributed by atoms with van der Waals surface area (Å²) in [5.74, 6) is -2.60. The molecule has 0 aliphatic carbocycles. The monoisotopic (exact) mass is 406 g/mol. The van der Waals surface area contributed by atoms with Gasteiger partial charge in [-0.1, -0.05) is 30.3 Å². The maximum absolute atomic E-state index is 12.6. The Kier molecular flexibility index (Phi) is 5.29. The van der Waals surface area contributed by atoms with E-state index < -0.39 is 51.4 Å². The summed E-state index contributed by atoms with van der Waals surface area (Å²) in [7, 11) is -1.66. The van der Waals surface area contributed by atoms with Gasteiger partial charge in [0.2, 0.25) is 5.91 Å². The normalized spacial score (nSPS) is 24.3. The van der Waals surface area contributed by atoms with Crippen LogP contribution in [0.5, 0.6) is 0 Å². The first kappa shape index (κ1) is 20.1. The highest BCUT2D eigenvalue weighted by molar-refractivity contribution is 7.86. The van der Waals surface area contributed by atoms with Crippen LogP contribution < -0.4 is 5.32 Å². The molecule has 0 radical (unpaired) electrons. The molecule has 0 bridgehead atoms. The van der Waals surface area contributed by atoms with E-state index in [4.69, 9.17) is 4.74 Å². The van der Waals surface area contributed by atoms with Crippen LogP contribution in [0.15, 0.2) is 41.8 Å². The van der Waals surface area contributed by atoms with Gasteiger partial charge in [-0.3, -0.25) is 18.7 Å². The number of carbonyl (C=O) groups is 3. The molecule has 0 saturated carbocycles. The van der Waals surface area contributed by atoms with Crippen molar-refractivity contribution in [1.82, 2.24) is 10.2 Å². The first-order valence-electron chi connectivity index (χ1n) is 8.77. The van der Waals surface area contributed by atoms with Crippen molar-refractivity contribution in [2.75, 3.05) is 5.75 Å². The van der Waals surface area contributed by atoms with Crippen LogP contribution in [0.1, 0.15) is 26.3 Å². The van der Waals surface area contributed by atoms with Gasteiger partial charge in [0.1, 0.15) is 22.8 Å². The molecule has 1 saturated heterocycles. The second kappa shape index (κ2) is 7.38. The Bertz CT molecular complexity index is 874. The molecule has 2 heterocycles. The summed E-state index contributed by atoms with van der Waals surface area (Å²) in [5, 5.41) is 11.8. The lowest BCUT2D eigenvalue weighted by molar-refractivity contribution is -0.159. The molecule has 2 aliphatic rings. The van der Waals surface area contributed by atoms with Gasteiger partial charge in [-0.25, -0.2) is 4.79 Å². The summed E-state index contributed by atoms with van der Waals surface area (Å²) in [6, 6.07) is 7.99. The third-order valence-corrected chi connectivity index (χ3v) is 5.80. The maximum atomic E-state index is 12.6. The predicted octanol–water partition coefficient (Wildman–Crippen LogP) is 0.756. The molecule has 2 N–H and O–H groups in total. The van der Waals surface area contributed by atoms with Crippen molar-refractivity contribution in [3.05, 3.63) is 47.4 Å². The van der Waals surface area contributed by atoms with Crippen molar-refractivity contribution in [1.29, 1.82) is 0 Å². The largest absolute Gasteiger partial charge is 0.509 e.